The molecule has 0 amide bonds. The molecular weight excluding hydrogens is 877 g/mol. The zero-order valence-electron chi connectivity index (χ0n) is 48.9. The summed E-state index contributed by atoms with van der Waals surface area (Å²) in [6, 6.07) is 0. The molecule has 0 N–H and O–H groups in total. The summed E-state index contributed by atoms with van der Waals surface area (Å²) in [7, 11) is 0. The Hall–Kier alpha value is -1.59. The monoisotopic (exact) mass is 1000 g/mol. The lowest BCUT2D eigenvalue weighted by molar-refractivity contribution is -0.167. The SMILES string of the molecule is CCCCCCCCCCCCCCCCCCCCC(=O)OC[C@@H](COC(=O)CCCCCCCCCCCCC(C)C)OC(=O)CCCCCCCCCCCCCCCCCCCCC(C)CC. The van der Waals surface area contributed by atoms with Gasteiger partial charge in [-0.3, -0.25) is 14.4 Å². The van der Waals surface area contributed by atoms with Crippen LogP contribution in [-0.2, 0) is 28.6 Å². The summed E-state index contributed by atoms with van der Waals surface area (Å²) in [5.41, 5.74) is 0. The molecule has 0 saturated carbocycles. The fourth-order valence-corrected chi connectivity index (χ4v) is 10.1. The minimum Gasteiger partial charge on any atom is -0.462 e. The van der Waals surface area contributed by atoms with Crippen LogP contribution in [0.4, 0.5) is 0 Å². The maximum atomic E-state index is 12.9. The maximum absolute atomic E-state index is 12.9. The van der Waals surface area contributed by atoms with E-state index in [0.717, 1.165) is 69.6 Å². The number of ether oxygens (including phenoxy) is 3. The molecule has 0 aromatic heterocycles. The smallest absolute Gasteiger partial charge is 0.306 e. The molecule has 6 nitrogen and oxygen atoms in total. The van der Waals surface area contributed by atoms with Crippen LogP contribution in [0.1, 0.15) is 369 Å². The Kier molecular flexibility index (Phi) is 56.4. The Bertz CT molecular complexity index is 1090. The normalized spacial score (nSPS) is 12.4. The van der Waals surface area contributed by atoms with E-state index in [1.54, 1.807) is 0 Å². The molecule has 0 aliphatic carbocycles. The highest BCUT2D eigenvalue weighted by molar-refractivity contribution is 5.71. The largest absolute Gasteiger partial charge is 0.462 e. The van der Waals surface area contributed by atoms with Crippen LogP contribution < -0.4 is 0 Å². The number of unbranched alkanes of at least 4 members (excludes halogenated alkanes) is 43. The maximum Gasteiger partial charge on any atom is 0.306 e. The first-order valence-electron chi connectivity index (χ1n) is 32.3. The van der Waals surface area contributed by atoms with Gasteiger partial charge in [0.15, 0.2) is 6.10 Å². The fourth-order valence-electron chi connectivity index (χ4n) is 10.1. The molecule has 0 rings (SSSR count). The van der Waals surface area contributed by atoms with Gasteiger partial charge in [-0.25, -0.2) is 0 Å². The van der Waals surface area contributed by atoms with Crippen molar-refractivity contribution in [2.24, 2.45) is 11.8 Å². The zero-order valence-corrected chi connectivity index (χ0v) is 48.9. The molecule has 0 aromatic carbocycles. The van der Waals surface area contributed by atoms with Crippen LogP contribution in [0.3, 0.4) is 0 Å². The van der Waals surface area contributed by atoms with E-state index in [4.69, 9.17) is 14.2 Å². The van der Waals surface area contributed by atoms with Crippen molar-refractivity contribution in [2.45, 2.75) is 375 Å². The van der Waals surface area contributed by atoms with Gasteiger partial charge in [0.1, 0.15) is 13.2 Å². The predicted molar refractivity (Wildman–Crippen MR) is 307 cm³/mol. The first-order valence-corrected chi connectivity index (χ1v) is 32.3. The van der Waals surface area contributed by atoms with Gasteiger partial charge >= 0.3 is 17.9 Å². The van der Waals surface area contributed by atoms with Crippen LogP contribution >= 0.6 is 0 Å². The van der Waals surface area contributed by atoms with Crippen molar-refractivity contribution in [2.75, 3.05) is 13.2 Å². The second kappa shape index (κ2) is 57.7. The standard InChI is InChI=1S/C65H126O6/c1-6-8-9-10-11-12-13-14-15-16-20-23-26-29-35-40-45-50-55-63(66)69-58-62(59-70-64(67)56-51-46-41-36-32-31-33-38-43-48-53-60(3)4)71-65(68)57-52-47-42-37-30-27-24-21-18-17-19-22-25-28-34-39-44-49-54-61(5)7-2/h60-62H,6-59H2,1-5H3/t61?,62-/m0/s1. The molecule has 0 fully saturated rings. The Balaban J connectivity index is 4.25. The quantitative estimate of drug-likeness (QED) is 0.0343. The minimum absolute atomic E-state index is 0.0620. The van der Waals surface area contributed by atoms with Gasteiger partial charge in [0.05, 0.1) is 0 Å². The summed E-state index contributed by atoms with van der Waals surface area (Å²) in [5, 5.41) is 0. The molecule has 2 atom stereocenters. The van der Waals surface area contributed by atoms with E-state index in [1.807, 2.05) is 0 Å². The Morgan fingerprint density at radius 2 is 0.535 bits per heavy atom. The first-order chi connectivity index (χ1) is 34.8. The van der Waals surface area contributed by atoms with Crippen LogP contribution in [-0.4, -0.2) is 37.2 Å². The van der Waals surface area contributed by atoms with Gasteiger partial charge in [-0.1, -0.05) is 330 Å². The summed E-state index contributed by atoms with van der Waals surface area (Å²) in [5.74, 6) is 0.895. The van der Waals surface area contributed by atoms with Crippen LogP contribution in [0.5, 0.6) is 0 Å². The van der Waals surface area contributed by atoms with E-state index < -0.39 is 6.10 Å². The lowest BCUT2D eigenvalue weighted by Gasteiger charge is -2.18. The molecule has 1 unspecified atom stereocenters. The van der Waals surface area contributed by atoms with Crippen LogP contribution in [0.2, 0.25) is 0 Å². The molecule has 71 heavy (non-hydrogen) atoms. The lowest BCUT2D eigenvalue weighted by Crippen LogP contribution is -2.30. The van der Waals surface area contributed by atoms with E-state index in [-0.39, 0.29) is 31.1 Å². The van der Waals surface area contributed by atoms with Crippen LogP contribution in [0.25, 0.3) is 0 Å². The summed E-state index contributed by atoms with van der Waals surface area (Å²) in [6.45, 7) is 11.5. The third kappa shape index (κ3) is 57.5. The van der Waals surface area contributed by atoms with Gasteiger partial charge in [-0.05, 0) is 31.1 Å². The Morgan fingerprint density at radius 3 is 0.803 bits per heavy atom. The number of hydrogen-bond acceptors (Lipinski definition) is 6. The molecule has 0 aliphatic rings. The van der Waals surface area contributed by atoms with E-state index in [9.17, 15) is 14.4 Å². The van der Waals surface area contributed by atoms with E-state index >= 15 is 0 Å². The molecule has 0 radical (unpaired) electrons. The molecule has 0 spiro atoms. The average Bonchev–Trinajstić information content (AvgIpc) is 3.36. The van der Waals surface area contributed by atoms with E-state index in [1.165, 1.54) is 257 Å². The van der Waals surface area contributed by atoms with Gasteiger partial charge in [-0.15, -0.1) is 0 Å². The number of rotatable bonds is 59. The topological polar surface area (TPSA) is 78.9 Å². The summed E-state index contributed by atoms with van der Waals surface area (Å²) in [6.07, 6.45) is 63.9. The van der Waals surface area contributed by atoms with Gasteiger partial charge in [0.2, 0.25) is 0 Å². The summed E-state index contributed by atoms with van der Waals surface area (Å²) < 4.78 is 17.0. The fraction of sp³-hybridized carbons (Fsp3) is 0.954. The molecule has 6 heteroatoms. The van der Waals surface area contributed by atoms with Crippen molar-refractivity contribution in [3.63, 3.8) is 0 Å². The number of carbonyl (C=O) groups excluding carboxylic acids is 3. The van der Waals surface area contributed by atoms with Crippen molar-refractivity contribution >= 4 is 17.9 Å². The molecule has 0 aromatic rings. The van der Waals surface area contributed by atoms with Crippen molar-refractivity contribution in [1.29, 1.82) is 0 Å². The average molecular weight is 1000 g/mol. The highest BCUT2D eigenvalue weighted by Gasteiger charge is 2.19. The van der Waals surface area contributed by atoms with Crippen molar-refractivity contribution < 1.29 is 28.6 Å². The minimum atomic E-state index is -0.764. The third-order valence-electron chi connectivity index (χ3n) is 15.3. The first kappa shape index (κ1) is 69.4. The van der Waals surface area contributed by atoms with Gasteiger partial charge in [0.25, 0.3) is 0 Å². The van der Waals surface area contributed by atoms with Gasteiger partial charge in [-0.2, -0.15) is 0 Å². The zero-order chi connectivity index (χ0) is 51.8. The lowest BCUT2D eigenvalue weighted by atomic mass is 9.99. The molecule has 0 heterocycles. The van der Waals surface area contributed by atoms with Crippen molar-refractivity contribution in [1.82, 2.24) is 0 Å². The number of hydrogen-bond donors (Lipinski definition) is 0. The Labute approximate surface area is 444 Å². The number of esters is 3. The molecular formula is C65H126O6. The number of carbonyl (C=O) groups is 3. The molecule has 0 bridgehead atoms. The van der Waals surface area contributed by atoms with E-state index in [2.05, 4.69) is 34.6 Å². The molecule has 0 saturated heterocycles. The second-order valence-electron chi connectivity index (χ2n) is 23.1. The van der Waals surface area contributed by atoms with Crippen LogP contribution in [0, 0.1) is 11.8 Å². The van der Waals surface area contributed by atoms with Crippen molar-refractivity contribution in [3.05, 3.63) is 0 Å². The van der Waals surface area contributed by atoms with Gasteiger partial charge < -0.3 is 14.2 Å². The summed E-state index contributed by atoms with van der Waals surface area (Å²) >= 11 is 0. The van der Waals surface area contributed by atoms with Crippen LogP contribution in [0.15, 0.2) is 0 Å². The highest BCUT2D eigenvalue weighted by Crippen LogP contribution is 2.19. The van der Waals surface area contributed by atoms with E-state index in [0.29, 0.717) is 19.3 Å². The van der Waals surface area contributed by atoms with Crippen molar-refractivity contribution in [3.8, 4) is 0 Å². The Morgan fingerprint density at radius 1 is 0.296 bits per heavy atom. The second-order valence-corrected chi connectivity index (χ2v) is 23.1. The predicted octanol–water partition coefficient (Wildman–Crippen LogP) is 21.6. The highest BCUT2D eigenvalue weighted by atomic mass is 16.6. The molecule has 0 aliphatic heterocycles. The third-order valence-corrected chi connectivity index (χ3v) is 15.3. The van der Waals surface area contributed by atoms with Gasteiger partial charge in [0, 0.05) is 19.3 Å². The summed E-state index contributed by atoms with van der Waals surface area (Å²) in [4.78, 5) is 38.3. The molecule has 422 valence electrons.